The standard InChI is InChI=1S/C53H43Cl2N5O9S2/c1-31(61)57-53-59-46(30-70-53)37-14-18-42(19-15-37)71(64,65)60-27-40-25-49-48(68-29-50(69-49)38-12-16-41(17-13-38)67-28-34-7-20-43(54)44(55)21-34)24-39(40)23-47(60)51(62)58-45(52(63)66-2)22-32-3-8-35(9-4-32)36-10-5-33(26-56)6-11-36/h3-21,24-25,30,45,47,50H,22-23,27-29H2,1-2H3,(H,58,62)(H,57,59,61)/t45-,47-,50?/m0/s1. The van der Waals surface area contributed by atoms with Gasteiger partial charge in [-0.05, 0) is 106 Å². The Morgan fingerprint density at radius 1 is 0.859 bits per heavy atom. The third-order valence-electron chi connectivity index (χ3n) is 12.0. The number of fused-ring (bicyclic) bond motifs is 2. The molecule has 6 aromatic carbocycles. The van der Waals surface area contributed by atoms with E-state index >= 15 is 0 Å². The number of rotatable bonds is 14. The van der Waals surface area contributed by atoms with Crippen LogP contribution in [0.5, 0.6) is 17.2 Å². The first-order valence-corrected chi connectivity index (χ1v) is 25.3. The van der Waals surface area contributed by atoms with Crippen molar-refractivity contribution < 1.29 is 41.7 Å². The van der Waals surface area contributed by atoms with Gasteiger partial charge >= 0.3 is 5.97 Å². The zero-order valence-corrected chi connectivity index (χ0v) is 41.2. The number of hydrogen-bond donors (Lipinski definition) is 2. The molecule has 360 valence electrons. The lowest BCUT2D eigenvalue weighted by Crippen LogP contribution is -2.56. The summed E-state index contributed by atoms with van der Waals surface area (Å²) >= 11 is 13.5. The highest BCUT2D eigenvalue weighted by molar-refractivity contribution is 7.89. The molecule has 0 saturated carbocycles. The van der Waals surface area contributed by atoms with E-state index in [-0.39, 0.29) is 43.4 Å². The molecule has 9 rings (SSSR count). The Morgan fingerprint density at radius 3 is 2.21 bits per heavy atom. The number of halogens is 2. The highest BCUT2D eigenvalue weighted by Crippen LogP contribution is 2.42. The number of ether oxygens (including phenoxy) is 4. The quantitative estimate of drug-likeness (QED) is 0.0988. The second-order valence-corrected chi connectivity index (χ2v) is 20.3. The molecule has 0 radical (unpaired) electrons. The predicted octanol–water partition coefficient (Wildman–Crippen LogP) is 9.72. The number of thiazole rings is 1. The van der Waals surface area contributed by atoms with Crippen LogP contribution in [-0.2, 0) is 55.1 Å². The maximum absolute atomic E-state index is 14.8. The number of aromatic nitrogens is 1. The third-order valence-corrected chi connectivity index (χ3v) is 15.4. The van der Waals surface area contributed by atoms with Crippen LogP contribution in [0.3, 0.4) is 0 Å². The Bertz CT molecular complexity index is 3290. The first-order valence-electron chi connectivity index (χ1n) is 22.2. The number of benzene rings is 6. The Morgan fingerprint density at radius 2 is 1.54 bits per heavy atom. The molecule has 2 amide bonds. The van der Waals surface area contributed by atoms with Gasteiger partial charge in [-0.1, -0.05) is 89.9 Å². The molecular formula is C53H43Cl2N5O9S2. The minimum atomic E-state index is -4.40. The van der Waals surface area contributed by atoms with Gasteiger partial charge in [0.2, 0.25) is 21.8 Å². The van der Waals surface area contributed by atoms with Crippen molar-refractivity contribution in [1.29, 1.82) is 5.26 Å². The van der Waals surface area contributed by atoms with E-state index in [0.717, 1.165) is 26.6 Å². The fraction of sp³-hybridized carbons (Fsp3) is 0.189. The van der Waals surface area contributed by atoms with Gasteiger partial charge in [-0.15, -0.1) is 11.3 Å². The molecule has 1 unspecified atom stereocenters. The van der Waals surface area contributed by atoms with Gasteiger partial charge in [0.1, 0.15) is 31.0 Å². The number of carbonyl (C=O) groups excluding carboxylic acids is 3. The van der Waals surface area contributed by atoms with Crippen molar-refractivity contribution in [2.24, 2.45) is 0 Å². The molecule has 0 spiro atoms. The molecule has 3 atom stereocenters. The van der Waals surface area contributed by atoms with E-state index in [1.54, 1.807) is 53.9 Å². The lowest BCUT2D eigenvalue weighted by atomic mass is 9.93. The van der Waals surface area contributed by atoms with Crippen molar-refractivity contribution in [3.63, 3.8) is 0 Å². The van der Waals surface area contributed by atoms with Gasteiger partial charge in [0.05, 0.1) is 39.4 Å². The van der Waals surface area contributed by atoms with Crippen LogP contribution in [0.2, 0.25) is 10.0 Å². The van der Waals surface area contributed by atoms with Crippen LogP contribution in [0.15, 0.2) is 138 Å². The maximum Gasteiger partial charge on any atom is 0.328 e. The van der Waals surface area contributed by atoms with Crippen LogP contribution >= 0.6 is 34.5 Å². The van der Waals surface area contributed by atoms with Crippen molar-refractivity contribution in [2.75, 3.05) is 19.0 Å². The molecule has 18 heteroatoms. The number of esters is 1. The number of anilines is 1. The summed E-state index contributed by atoms with van der Waals surface area (Å²) in [6.45, 7) is 1.64. The first kappa shape index (κ1) is 48.8. The topological polar surface area (TPSA) is 186 Å². The summed E-state index contributed by atoms with van der Waals surface area (Å²) in [4.78, 5) is 43.9. The van der Waals surface area contributed by atoms with E-state index in [1.807, 2.05) is 66.7 Å². The van der Waals surface area contributed by atoms with Gasteiger partial charge in [0, 0.05) is 30.8 Å². The minimum Gasteiger partial charge on any atom is -0.489 e. The molecule has 0 fully saturated rings. The monoisotopic (exact) mass is 1030 g/mol. The number of sulfonamides is 1. The molecule has 0 saturated heterocycles. The molecule has 3 heterocycles. The van der Waals surface area contributed by atoms with Gasteiger partial charge in [-0.2, -0.15) is 9.57 Å². The number of nitriles is 1. The van der Waals surface area contributed by atoms with Gasteiger partial charge in [0.15, 0.2) is 22.7 Å². The van der Waals surface area contributed by atoms with E-state index in [1.165, 1.54) is 37.5 Å². The Balaban J connectivity index is 0.966. The fourth-order valence-corrected chi connectivity index (χ4v) is 11.0. The van der Waals surface area contributed by atoms with Crippen LogP contribution < -0.4 is 24.8 Å². The van der Waals surface area contributed by atoms with E-state index in [4.69, 9.17) is 42.1 Å². The summed E-state index contributed by atoms with van der Waals surface area (Å²) in [7, 11) is -3.18. The van der Waals surface area contributed by atoms with Gasteiger partial charge in [-0.25, -0.2) is 18.2 Å². The number of hydrogen-bond acceptors (Lipinski definition) is 12. The van der Waals surface area contributed by atoms with Crippen molar-refractivity contribution in [1.82, 2.24) is 14.6 Å². The van der Waals surface area contributed by atoms with Crippen molar-refractivity contribution in [3.8, 4) is 45.7 Å². The highest BCUT2D eigenvalue weighted by Gasteiger charge is 2.42. The summed E-state index contributed by atoms with van der Waals surface area (Å²) in [5.41, 5.74) is 7.15. The average molecular weight is 1030 g/mol. The average Bonchev–Trinajstić information content (AvgIpc) is 3.85. The summed E-state index contributed by atoms with van der Waals surface area (Å²) in [5, 5.41) is 17.7. The van der Waals surface area contributed by atoms with E-state index < -0.39 is 40.1 Å². The van der Waals surface area contributed by atoms with Crippen LogP contribution in [0, 0.1) is 11.3 Å². The smallest absolute Gasteiger partial charge is 0.328 e. The molecular weight excluding hydrogens is 986 g/mol. The zero-order chi connectivity index (χ0) is 49.8. The number of methoxy groups -OCH3 is 1. The lowest BCUT2D eigenvalue weighted by molar-refractivity contribution is -0.145. The zero-order valence-electron chi connectivity index (χ0n) is 38.1. The molecule has 14 nitrogen and oxygen atoms in total. The highest BCUT2D eigenvalue weighted by atomic mass is 35.5. The second kappa shape index (κ2) is 21.0. The summed E-state index contributed by atoms with van der Waals surface area (Å²) < 4.78 is 54.7. The van der Waals surface area contributed by atoms with E-state index in [9.17, 15) is 28.1 Å². The third kappa shape index (κ3) is 11.0. The van der Waals surface area contributed by atoms with Crippen molar-refractivity contribution in [2.45, 2.75) is 56.0 Å². The SMILES string of the molecule is COC(=O)[C@H](Cc1ccc(-c2ccc(C#N)cc2)cc1)NC(=O)[C@@H]1Cc2cc3c(cc2CN1S(=O)(=O)c1ccc(-c2csc(NC(C)=O)n2)cc1)OC(c1ccc(OCc2ccc(Cl)c(Cl)c2)cc1)CO3. The summed E-state index contributed by atoms with van der Waals surface area (Å²) in [6, 6.07) is 36.6. The normalized spacial score (nSPS) is 15.6. The lowest BCUT2D eigenvalue weighted by Gasteiger charge is -2.37. The number of nitrogens with one attached hydrogen (secondary N) is 2. The Hall–Kier alpha value is -7.26. The molecule has 0 aliphatic carbocycles. The number of amides is 2. The second-order valence-electron chi connectivity index (χ2n) is 16.8. The van der Waals surface area contributed by atoms with Crippen molar-refractivity contribution >= 4 is 67.5 Å². The van der Waals surface area contributed by atoms with Gasteiger partial charge in [0.25, 0.3) is 0 Å². The Labute approximate surface area is 423 Å². The molecule has 1 aromatic heterocycles. The molecule has 7 aromatic rings. The van der Waals surface area contributed by atoms with E-state index in [2.05, 4.69) is 21.7 Å². The van der Waals surface area contributed by atoms with Gasteiger partial charge in [-0.3, -0.25) is 9.59 Å². The van der Waals surface area contributed by atoms with Crippen LogP contribution in [0.1, 0.15) is 46.4 Å². The molecule has 2 N–H and O–H groups in total. The van der Waals surface area contributed by atoms with Gasteiger partial charge < -0.3 is 29.6 Å². The predicted molar refractivity (Wildman–Crippen MR) is 269 cm³/mol. The minimum absolute atomic E-state index is 0.0538. The first-order chi connectivity index (χ1) is 34.2. The van der Waals surface area contributed by atoms with Crippen LogP contribution in [0.25, 0.3) is 22.4 Å². The summed E-state index contributed by atoms with van der Waals surface area (Å²) in [6.07, 6.45) is -0.502. The molecule has 0 bridgehead atoms. The fourth-order valence-electron chi connectivity index (χ4n) is 8.30. The number of nitrogens with zero attached hydrogens (tertiary/aromatic N) is 3. The number of carbonyl (C=O) groups is 3. The van der Waals surface area contributed by atoms with Crippen LogP contribution in [0.4, 0.5) is 5.13 Å². The summed E-state index contributed by atoms with van der Waals surface area (Å²) in [5.74, 6) is -0.203. The molecule has 71 heavy (non-hydrogen) atoms. The van der Waals surface area contributed by atoms with Crippen molar-refractivity contribution in [3.05, 3.63) is 176 Å². The molecule has 2 aliphatic rings. The molecule has 2 aliphatic heterocycles. The van der Waals surface area contributed by atoms with Crippen LogP contribution in [-0.4, -0.2) is 61.3 Å². The maximum atomic E-state index is 14.8. The van der Waals surface area contributed by atoms with E-state index in [0.29, 0.717) is 65.9 Å². The Kier molecular flexibility index (Phi) is 14.4. The largest absolute Gasteiger partial charge is 0.489 e.